The van der Waals surface area contributed by atoms with Crippen LogP contribution in [0.5, 0.6) is 0 Å². The molecule has 0 aliphatic carbocycles. The molecule has 2 aliphatic rings. The highest BCUT2D eigenvalue weighted by atomic mass is 32.1. The van der Waals surface area contributed by atoms with Crippen molar-refractivity contribution in [3.05, 3.63) is 10.0 Å². The first kappa shape index (κ1) is 37.6. The van der Waals surface area contributed by atoms with Gasteiger partial charge in [-0.25, -0.2) is 4.79 Å². The fourth-order valence-corrected chi connectivity index (χ4v) is 5.31. The van der Waals surface area contributed by atoms with E-state index in [1.807, 2.05) is 0 Å². The summed E-state index contributed by atoms with van der Waals surface area (Å²) in [5.74, 6) is -0.489. The summed E-state index contributed by atoms with van der Waals surface area (Å²) in [5.41, 5.74) is 5.14. The first-order valence-corrected chi connectivity index (χ1v) is 16.1. The van der Waals surface area contributed by atoms with Crippen LogP contribution in [0.1, 0.15) is 73.5 Å². The number of piperazine rings is 2. The third-order valence-electron chi connectivity index (χ3n) is 6.39. The number of hydrogen-bond donors (Lipinski definition) is 2. The first-order valence-electron chi connectivity index (χ1n) is 14.5. The first-order chi connectivity index (χ1) is 19.8. The highest BCUT2D eigenvalue weighted by molar-refractivity contribution is 7.17. The molecule has 13 nitrogen and oxygen atoms in total. The van der Waals surface area contributed by atoms with Gasteiger partial charge in [0.1, 0.15) is 0 Å². The van der Waals surface area contributed by atoms with Gasteiger partial charge in [0.15, 0.2) is 0 Å². The van der Waals surface area contributed by atoms with Crippen molar-refractivity contribution < 1.29 is 14.3 Å². The summed E-state index contributed by atoms with van der Waals surface area (Å²) in [6.07, 6.45) is 4.45. The van der Waals surface area contributed by atoms with Crippen LogP contribution in [0.2, 0.25) is 0 Å². The van der Waals surface area contributed by atoms with Crippen LogP contribution in [0.4, 0.5) is 10.3 Å². The molecule has 0 saturated carbocycles. The highest BCUT2D eigenvalue weighted by Gasteiger charge is 2.21. The molecule has 15 heteroatoms. The van der Waals surface area contributed by atoms with E-state index >= 15 is 0 Å². The molecule has 0 unspecified atom stereocenters. The lowest BCUT2D eigenvalue weighted by Crippen LogP contribution is -2.44. The van der Waals surface area contributed by atoms with Crippen LogP contribution in [0.15, 0.2) is 0 Å². The molecular weight excluding hydrogens is 576 g/mol. The third-order valence-corrected chi connectivity index (χ3v) is 8.34. The van der Waals surface area contributed by atoms with Crippen LogP contribution in [-0.4, -0.2) is 128 Å². The summed E-state index contributed by atoms with van der Waals surface area (Å²) in [7, 11) is 4.21. The zero-order valence-electron chi connectivity index (χ0n) is 25.3. The lowest BCUT2D eigenvalue weighted by atomic mass is 10.3. The van der Waals surface area contributed by atoms with Crippen molar-refractivity contribution in [3.8, 4) is 0 Å². The lowest BCUT2D eigenvalue weighted by molar-refractivity contribution is 0.0524. The Morgan fingerprint density at radius 3 is 1.69 bits per heavy atom. The maximum atomic E-state index is 11.8. The number of unbranched alkanes of at least 4 members (excludes halogenated alkanes) is 2. The Balaban J connectivity index is 0.000000357. The SMILES string of the molecule is C.CCCCN.CCCCNC(=O)c1nnc(N2CCN(C)CC2)s1.CCOC(=O)c1nnc(N2CCN(C)CC2)s1. The molecule has 4 heterocycles. The van der Waals surface area contributed by atoms with Crippen LogP contribution < -0.4 is 20.9 Å². The Morgan fingerprint density at radius 1 is 0.786 bits per heavy atom. The topological polar surface area (TPSA) is 146 Å². The lowest BCUT2D eigenvalue weighted by Gasteiger charge is -2.31. The fraction of sp³-hybridized carbons (Fsp3) is 0.778. The van der Waals surface area contributed by atoms with Crippen LogP contribution >= 0.6 is 22.7 Å². The smallest absolute Gasteiger partial charge is 0.369 e. The molecule has 3 N–H and O–H groups in total. The number of esters is 1. The number of anilines is 2. The molecule has 42 heavy (non-hydrogen) atoms. The Kier molecular flexibility index (Phi) is 19.0. The van der Waals surface area contributed by atoms with E-state index in [2.05, 4.69) is 73.3 Å². The van der Waals surface area contributed by atoms with E-state index < -0.39 is 0 Å². The van der Waals surface area contributed by atoms with Gasteiger partial charge in [-0.15, -0.1) is 20.4 Å². The third kappa shape index (κ3) is 13.2. The number of nitrogens with one attached hydrogen (secondary N) is 1. The number of aromatic nitrogens is 4. The van der Waals surface area contributed by atoms with Crippen molar-refractivity contribution in [1.82, 2.24) is 35.5 Å². The molecule has 2 aromatic heterocycles. The Morgan fingerprint density at radius 2 is 1.26 bits per heavy atom. The van der Waals surface area contributed by atoms with Crippen molar-refractivity contribution in [2.45, 2.75) is 53.9 Å². The van der Waals surface area contributed by atoms with E-state index in [0.29, 0.717) is 23.2 Å². The maximum Gasteiger partial charge on any atom is 0.369 e. The minimum absolute atomic E-state index is 0. The van der Waals surface area contributed by atoms with Gasteiger partial charge in [-0.05, 0) is 40.4 Å². The second-order valence-corrected chi connectivity index (χ2v) is 11.7. The predicted octanol–water partition coefficient (Wildman–Crippen LogP) is 2.67. The van der Waals surface area contributed by atoms with E-state index in [9.17, 15) is 9.59 Å². The van der Waals surface area contributed by atoms with E-state index in [1.165, 1.54) is 35.5 Å². The highest BCUT2D eigenvalue weighted by Crippen LogP contribution is 2.22. The van der Waals surface area contributed by atoms with Crippen LogP contribution in [0.3, 0.4) is 0 Å². The Bertz CT molecular complexity index is 1000. The summed E-state index contributed by atoms with van der Waals surface area (Å²) in [6, 6.07) is 0. The van der Waals surface area contributed by atoms with Crippen molar-refractivity contribution in [2.75, 3.05) is 95.9 Å². The monoisotopic (exact) mass is 628 g/mol. The largest absolute Gasteiger partial charge is 0.461 e. The zero-order valence-corrected chi connectivity index (χ0v) is 26.9. The summed E-state index contributed by atoms with van der Waals surface area (Å²) in [6.45, 7) is 15.7. The molecule has 0 atom stereocenters. The number of likely N-dealkylation sites (N-methyl/N-ethyl adjacent to an activating group) is 2. The second-order valence-electron chi connectivity index (χ2n) is 9.83. The maximum absolute atomic E-state index is 11.8. The molecular formula is C27H52N10O3S2. The number of carbonyl (C=O) groups excluding carboxylic acids is 2. The van der Waals surface area contributed by atoms with Gasteiger partial charge in [-0.3, -0.25) is 4.79 Å². The van der Waals surface area contributed by atoms with Crippen molar-refractivity contribution in [3.63, 3.8) is 0 Å². The molecule has 2 saturated heterocycles. The molecule has 0 radical (unpaired) electrons. The zero-order chi connectivity index (χ0) is 30.0. The number of hydrogen-bond acceptors (Lipinski definition) is 14. The van der Waals surface area contributed by atoms with Gasteiger partial charge in [0, 0.05) is 58.9 Å². The number of rotatable bonds is 10. The van der Waals surface area contributed by atoms with Gasteiger partial charge >= 0.3 is 5.97 Å². The van der Waals surface area contributed by atoms with E-state index in [0.717, 1.165) is 82.0 Å². The van der Waals surface area contributed by atoms with Crippen molar-refractivity contribution in [2.24, 2.45) is 5.73 Å². The normalized spacial score (nSPS) is 15.5. The molecule has 4 rings (SSSR count). The van der Waals surface area contributed by atoms with Crippen LogP contribution in [0, 0.1) is 0 Å². The van der Waals surface area contributed by atoms with Crippen molar-refractivity contribution >= 4 is 44.8 Å². The Labute approximate surface area is 259 Å². The standard InChI is InChI=1S/C12H21N5OS.C10H16N4O2S.C4H11N.CH4/c1-3-4-5-13-10(18)11-14-15-12(19-11)17-8-6-16(2)7-9-17;1-3-16-9(15)8-11-12-10(17-8)14-6-4-13(2)5-7-14;1-2-3-4-5;/h3-9H2,1-2H3,(H,13,18);3-7H2,1-2H3;2-5H2,1H3;1H4. The predicted molar refractivity (Wildman–Crippen MR) is 173 cm³/mol. The van der Waals surface area contributed by atoms with Gasteiger partial charge in [0.25, 0.3) is 5.91 Å². The van der Waals surface area contributed by atoms with Gasteiger partial charge < -0.3 is 35.4 Å². The Hall–Kier alpha value is -2.46. The molecule has 0 spiro atoms. The molecule has 2 aliphatic heterocycles. The number of ether oxygens (including phenoxy) is 1. The summed E-state index contributed by atoms with van der Waals surface area (Å²) in [4.78, 5) is 32.2. The average Bonchev–Trinajstić information content (AvgIpc) is 3.67. The van der Waals surface area contributed by atoms with E-state index in [-0.39, 0.29) is 19.3 Å². The van der Waals surface area contributed by atoms with Crippen molar-refractivity contribution in [1.29, 1.82) is 0 Å². The van der Waals surface area contributed by atoms with E-state index in [1.54, 1.807) is 6.92 Å². The quantitative estimate of drug-likeness (QED) is 0.295. The van der Waals surface area contributed by atoms with Gasteiger partial charge in [-0.2, -0.15) is 0 Å². The van der Waals surface area contributed by atoms with Gasteiger partial charge in [0.2, 0.25) is 20.3 Å². The molecule has 2 aromatic rings. The van der Waals surface area contributed by atoms with E-state index in [4.69, 9.17) is 10.5 Å². The molecule has 0 aromatic carbocycles. The number of nitrogens with zero attached hydrogens (tertiary/aromatic N) is 8. The molecule has 240 valence electrons. The van der Waals surface area contributed by atoms with Gasteiger partial charge in [-0.1, -0.05) is 56.8 Å². The fourth-order valence-electron chi connectivity index (χ4n) is 3.71. The number of nitrogens with two attached hydrogens (primary N) is 1. The summed E-state index contributed by atoms with van der Waals surface area (Å²) < 4.78 is 4.89. The minimum Gasteiger partial charge on any atom is -0.461 e. The molecule has 0 bridgehead atoms. The number of amides is 1. The minimum atomic E-state index is -0.384. The average molecular weight is 629 g/mol. The van der Waals surface area contributed by atoms with Crippen LogP contribution in [-0.2, 0) is 4.74 Å². The molecule has 2 fully saturated rings. The second kappa shape index (κ2) is 21.3. The van der Waals surface area contributed by atoms with Crippen LogP contribution in [0.25, 0.3) is 0 Å². The molecule has 1 amide bonds. The summed E-state index contributed by atoms with van der Waals surface area (Å²) >= 11 is 2.68. The summed E-state index contributed by atoms with van der Waals surface area (Å²) in [5, 5.41) is 21.4. The van der Waals surface area contributed by atoms with Gasteiger partial charge in [0.05, 0.1) is 6.61 Å². The number of carbonyl (C=O) groups is 2.